The van der Waals surface area contributed by atoms with Crippen LogP contribution in [-0.2, 0) is 0 Å². The number of hydrogen-bond acceptors (Lipinski definition) is 2. The van der Waals surface area contributed by atoms with Crippen LogP contribution in [0, 0.1) is 11.6 Å². The molecule has 0 unspecified atom stereocenters. The molecule has 0 spiro atoms. The molecule has 1 fully saturated rings. The number of H-pyrrole nitrogens is 1. The minimum absolute atomic E-state index is 0.356. The van der Waals surface area contributed by atoms with Crippen molar-refractivity contribution in [1.29, 1.82) is 0 Å². The molecular weight excluding hydrogens is 224 g/mol. The van der Waals surface area contributed by atoms with Crippen LogP contribution in [-0.4, -0.2) is 23.1 Å². The zero-order valence-corrected chi connectivity index (χ0v) is 9.26. The van der Waals surface area contributed by atoms with E-state index in [1.807, 2.05) is 0 Å². The third kappa shape index (κ3) is 1.91. The Hall–Kier alpha value is -1.49. The lowest BCUT2D eigenvalue weighted by Crippen LogP contribution is -2.27. The molecule has 0 amide bonds. The van der Waals surface area contributed by atoms with E-state index in [0.29, 0.717) is 17.0 Å². The van der Waals surface area contributed by atoms with Crippen molar-refractivity contribution in [2.24, 2.45) is 0 Å². The van der Waals surface area contributed by atoms with Gasteiger partial charge in [0.25, 0.3) is 0 Å². The van der Waals surface area contributed by atoms with Crippen molar-refractivity contribution < 1.29 is 8.78 Å². The highest BCUT2D eigenvalue weighted by atomic mass is 19.2. The summed E-state index contributed by atoms with van der Waals surface area (Å²) in [5, 5.41) is 3.27. The highest BCUT2D eigenvalue weighted by molar-refractivity contribution is 5.75. The quantitative estimate of drug-likeness (QED) is 0.799. The minimum atomic E-state index is -0.846. The number of nitrogens with one attached hydrogen (secondary N) is 2. The summed E-state index contributed by atoms with van der Waals surface area (Å²) >= 11 is 0. The number of halogens is 2. The predicted molar refractivity (Wildman–Crippen MR) is 60.9 cm³/mol. The molecule has 0 aliphatic carbocycles. The minimum Gasteiger partial charge on any atom is -0.342 e. The van der Waals surface area contributed by atoms with Gasteiger partial charge in [0.1, 0.15) is 5.82 Å². The maximum atomic E-state index is 13.1. The Morgan fingerprint density at radius 1 is 1.12 bits per heavy atom. The SMILES string of the molecule is Fc1cc2nc(C3CCNCC3)[nH]c2cc1F. The third-order valence-corrected chi connectivity index (χ3v) is 3.27. The lowest BCUT2D eigenvalue weighted by Gasteiger charge is -2.20. The van der Waals surface area contributed by atoms with E-state index < -0.39 is 11.6 Å². The van der Waals surface area contributed by atoms with E-state index >= 15 is 0 Å². The molecule has 90 valence electrons. The van der Waals surface area contributed by atoms with Crippen molar-refractivity contribution in [2.75, 3.05) is 13.1 Å². The lowest BCUT2D eigenvalue weighted by atomic mass is 9.98. The molecule has 0 radical (unpaired) electrons. The zero-order chi connectivity index (χ0) is 11.8. The topological polar surface area (TPSA) is 40.7 Å². The van der Waals surface area contributed by atoms with Gasteiger partial charge in [-0.15, -0.1) is 0 Å². The number of nitrogens with zero attached hydrogens (tertiary/aromatic N) is 1. The number of hydrogen-bond donors (Lipinski definition) is 2. The maximum Gasteiger partial charge on any atom is 0.161 e. The van der Waals surface area contributed by atoms with Gasteiger partial charge >= 0.3 is 0 Å². The molecule has 0 saturated carbocycles. The predicted octanol–water partition coefficient (Wildman–Crippen LogP) is 2.31. The van der Waals surface area contributed by atoms with Crippen LogP contribution in [0.25, 0.3) is 11.0 Å². The summed E-state index contributed by atoms with van der Waals surface area (Å²) in [7, 11) is 0. The number of imidazole rings is 1. The molecule has 3 nitrogen and oxygen atoms in total. The molecule has 1 saturated heterocycles. The Bertz CT molecular complexity index is 505. The Morgan fingerprint density at radius 2 is 1.82 bits per heavy atom. The van der Waals surface area contributed by atoms with E-state index in [9.17, 15) is 8.78 Å². The Balaban J connectivity index is 2.00. The highest BCUT2D eigenvalue weighted by Gasteiger charge is 2.19. The Morgan fingerprint density at radius 3 is 2.59 bits per heavy atom. The number of rotatable bonds is 1. The first-order chi connectivity index (χ1) is 8.24. The van der Waals surface area contributed by atoms with Gasteiger partial charge < -0.3 is 10.3 Å². The van der Waals surface area contributed by atoms with Crippen LogP contribution in [0.4, 0.5) is 8.78 Å². The molecular formula is C12H13F2N3. The van der Waals surface area contributed by atoms with Crippen LogP contribution in [0.2, 0.25) is 0 Å². The summed E-state index contributed by atoms with van der Waals surface area (Å²) in [5.41, 5.74) is 1.06. The van der Waals surface area contributed by atoms with Crippen LogP contribution in [0.3, 0.4) is 0 Å². The van der Waals surface area contributed by atoms with E-state index in [1.54, 1.807) is 0 Å². The van der Waals surface area contributed by atoms with Gasteiger partial charge in [0, 0.05) is 18.1 Å². The molecule has 1 aromatic carbocycles. The van der Waals surface area contributed by atoms with Gasteiger partial charge in [-0.3, -0.25) is 0 Å². The fraction of sp³-hybridized carbons (Fsp3) is 0.417. The number of fused-ring (bicyclic) bond motifs is 1. The second-order valence-electron chi connectivity index (χ2n) is 4.43. The first-order valence-corrected chi connectivity index (χ1v) is 5.79. The Labute approximate surface area is 97.2 Å². The average molecular weight is 237 g/mol. The second kappa shape index (κ2) is 4.07. The average Bonchev–Trinajstić information content (AvgIpc) is 2.74. The molecule has 0 atom stereocenters. The molecule has 1 aliphatic rings. The van der Waals surface area contributed by atoms with Crippen molar-refractivity contribution in [1.82, 2.24) is 15.3 Å². The van der Waals surface area contributed by atoms with Crippen LogP contribution in [0.5, 0.6) is 0 Å². The smallest absolute Gasteiger partial charge is 0.161 e. The summed E-state index contributed by atoms with van der Waals surface area (Å²) in [5.74, 6) is -0.486. The van der Waals surface area contributed by atoms with Crippen LogP contribution < -0.4 is 5.32 Å². The number of benzene rings is 1. The standard InChI is InChI=1S/C12H13F2N3/c13-8-5-10-11(6-9(8)14)17-12(16-10)7-1-3-15-4-2-7/h5-7,15H,1-4H2,(H,16,17). The van der Waals surface area contributed by atoms with Crippen LogP contribution in [0.15, 0.2) is 12.1 Å². The van der Waals surface area contributed by atoms with E-state index in [0.717, 1.165) is 37.8 Å². The van der Waals surface area contributed by atoms with Gasteiger partial charge in [0.15, 0.2) is 11.6 Å². The summed E-state index contributed by atoms with van der Waals surface area (Å²) in [6.45, 7) is 1.93. The fourth-order valence-electron chi connectivity index (χ4n) is 2.31. The van der Waals surface area contributed by atoms with Crippen molar-refractivity contribution in [3.05, 3.63) is 29.6 Å². The van der Waals surface area contributed by atoms with Crippen LogP contribution >= 0.6 is 0 Å². The van der Waals surface area contributed by atoms with Crippen molar-refractivity contribution in [3.8, 4) is 0 Å². The monoisotopic (exact) mass is 237 g/mol. The van der Waals surface area contributed by atoms with Crippen molar-refractivity contribution in [3.63, 3.8) is 0 Å². The fourth-order valence-corrected chi connectivity index (χ4v) is 2.31. The summed E-state index contributed by atoms with van der Waals surface area (Å²) in [6.07, 6.45) is 2.01. The van der Waals surface area contributed by atoms with E-state index in [4.69, 9.17) is 0 Å². The highest BCUT2D eigenvalue weighted by Crippen LogP contribution is 2.25. The first-order valence-electron chi connectivity index (χ1n) is 5.79. The first kappa shape index (κ1) is 10.7. The summed E-state index contributed by atoms with van der Waals surface area (Å²) < 4.78 is 26.1. The van der Waals surface area contributed by atoms with E-state index in [-0.39, 0.29) is 0 Å². The van der Waals surface area contributed by atoms with Gasteiger partial charge in [0.05, 0.1) is 11.0 Å². The van der Waals surface area contributed by atoms with Crippen molar-refractivity contribution >= 4 is 11.0 Å². The van der Waals surface area contributed by atoms with Gasteiger partial charge in [0.2, 0.25) is 0 Å². The van der Waals surface area contributed by atoms with Gasteiger partial charge in [-0.1, -0.05) is 0 Å². The molecule has 5 heteroatoms. The summed E-state index contributed by atoms with van der Waals surface area (Å²) in [6, 6.07) is 2.31. The Kier molecular flexibility index (Phi) is 2.55. The zero-order valence-electron chi connectivity index (χ0n) is 9.26. The van der Waals surface area contributed by atoms with Crippen LogP contribution in [0.1, 0.15) is 24.6 Å². The molecule has 2 N–H and O–H groups in total. The number of piperidine rings is 1. The van der Waals surface area contributed by atoms with Gasteiger partial charge in [-0.2, -0.15) is 0 Å². The third-order valence-electron chi connectivity index (χ3n) is 3.27. The summed E-state index contributed by atoms with van der Waals surface area (Å²) in [4.78, 5) is 7.44. The molecule has 1 aliphatic heterocycles. The number of aromatic amines is 1. The van der Waals surface area contributed by atoms with Crippen molar-refractivity contribution in [2.45, 2.75) is 18.8 Å². The molecule has 2 heterocycles. The molecule has 3 rings (SSSR count). The lowest BCUT2D eigenvalue weighted by molar-refractivity contribution is 0.448. The van der Waals surface area contributed by atoms with E-state index in [2.05, 4.69) is 15.3 Å². The number of aromatic nitrogens is 2. The molecule has 2 aromatic rings. The largest absolute Gasteiger partial charge is 0.342 e. The maximum absolute atomic E-state index is 13.1. The molecule has 17 heavy (non-hydrogen) atoms. The molecule has 0 bridgehead atoms. The second-order valence-corrected chi connectivity index (χ2v) is 4.43. The van der Waals surface area contributed by atoms with Gasteiger partial charge in [-0.25, -0.2) is 13.8 Å². The van der Waals surface area contributed by atoms with E-state index in [1.165, 1.54) is 6.07 Å². The van der Waals surface area contributed by atoms with Gasteiger partial charge in [-0.05, 0) is 25.9 Å². The normalized spacial score (nSPS) is 17.8. The molecule has 1 aromatic heterocycles.